The molecule has 0 fully saturated rings. The Morgan fingerprint density at radius 1 is 0.760 bits per heavy atom. The number of benzene rings is 2. The van der Waals surface area contributed by atoms with Crippen LogP contribution in [0.15, 0.2) is 78.9 Å². The molecule has 4 atom stereocenters. The minimum atomic E-state index is 0.0656. The highest BCUT2D eigenvalue weighted by Crippen LogP contribution is 2.45. The number of nitrogens with two attached hydrogens (primary N) is 1. The molecule has 0 aliphatic heterocycles. The van der Waals surface area contributed by atoms with Crippen molar-refractivity contribution in [2.75, 3.05) is 0 Å². The minimum absolute atomic E-state index is 0.0656. The van der Waals surface area contributed by atoms with Gasteiger partial charge in [-0.15, -0.1) is 0 Å². The molecular weight excluding hydrogens is 302 g/mol. The van der Waals surface area contributed by atoms with E-state index in [9.17, 15) is 0 Å². The van der Waals surface area contributed by atoms with Crippen molar-refractivity contribution in [2.24, 2.45) is 17.6 Å². The van der Waals surface area contributed by atoms with Gasteiger partial charge in [0.15, 0.2) is 0 Å². The van der Waals surface area contributed by atoms with E-state index in [0.717, 1.165) is 0 Å². The summed E-state index contributed by atoms with van der Waals surface area (Å²) in [5.41, 5.74) is 10.7. The first-order valence-electron chi connectivity index (χ1n) is 9.01. The Labute approximate surface area is 148 Å². The molecule has 0 radical (unpaired) electrons. The fraction of sp³-hybridized carbons (Fsp3) is 0.167. The average Bonchev–Trinajstić information content (AvgIpc) is 2.67. The standard InChI is InChI=1S/C24H21N/c25-23-12-6-5-11-20(23)22-15-17-8-2-3-9-18(17)21-14-13-16-7-1-4-10-19(16)24(21)22/h1-15,20,22-24H,25H2. The lowest BCUT2D eigenvalue weighted by Gasteiger charge is -2.38. The Morgan fingerprint density at radius 3 is 2.48 bits per heavy atom. The lowest BCUT2D eigenvalue weighted by Crippen LogP contribution is -2.42. The van der Waals surface area contributed by atoms with Gasteiger partial charge in [-0.3, -0.25) is 0 Å². The van der Waals surface area contributed by atoms with Crippen molar-refractivity contribution in [2.45, 2.75) is 12.0 Å². The van der Waals surface area contributed by atoms with Crippen LogP contribution < -0.4 is 16.2 Å². The van der Waals surface area contributed by atoms with Crippen LogP contribution in [0.2, 0.25) is 0 Å². The topological polar surface area (TPSA) is 26.0 Å². The number of hydrogen-bond acceptors (Lipinski definition) is 1. The van der Waals surface area contributed by atoms with Crippen LogP contribution in [-0.2, 0) is 0 Å². The first-order chi connectivity index (χ1) is 12.3. The Hall–Kier alpha value is -2.64. The van der Waals surface area contributed by atoms with Gasteiger partial charge in [0.05, 0.1) is 0 Å². The molecule has 1 nitrogen and oxygen atoms in total. The summed E-state index contributed by atoms with van der Waals surface area (Å²) in [6.07, 6.45) is 15.7. The van der Waals surface area contributed by atoms with Crippen molar-refractivity contribution in [3.05, 3.63) is 100 Å². The lowest BCUT2D eigenvalue weighted by atomic mass is 9.66. The molecular formula is C24H21N. The van der Waals surface area contributed by atoms with E-state index in [1.54, 1.807) is 0 Å². The second kappa shape index (κ2) is 5.72. The molecule has 0 amide bonds. The number of allylic oxidation sites excluding steroid dienone is 3. The third-order valence-electron chi connectivity index (χ3n) is 5.80. The third-order valence-corrected chi connectivity index (χ3v) is 5.80. The maximum atomic E-state index is 6.49. The van der Waals surface area contributed by atoms with Crippen molar-refractivity contribution < 1.29 is 0 Å². The molecule has 2 aromatic carbocycles. The summed E-state index contributed by atoms with van der Waals surface area (Å²) in [6.45, 7) is 0. The molecule has 25 heavy (non-hydrogen) atoms. The van der Waals surface area contributed by atoms with Crippen LogP contribution in [0.4, 0.5) is 0 Å². The smallest absolute Gasteiger partial charge is 0.0296 e. The van der Waals surface area contributed by atoms with E-state index < -0.39 is 0 Å². The summed E-state index contributed by atoms with van der Waals surface area (Å²) in [7, 11) is 0. The second-order valence-corrected chi connectivity index (χ2v) is 7.15. The molecule has 5 rings (SSSR count). The van der Waals surface area contributed by atoms with Gasteiger partial charge < -0.3 is 5.73 Å². The summed E-state index contributed by atoms with van der Waals surface area (Å²) < 4.78 is 0. The van der Waals surface area contributed by atoms with Crippen LogP contribution in [0.1, 0.15) is 17.0 Å². The predicted molar refractivity (Wildman–Crippen MR) is 105 cm³/mol. The Kier molecular flexibility index (Phi) is 3.36. The summed E-state index contributed by atoms with van der Waals surface area (Å²) in [5.74, 6) is 1.05. The van der Waals surface area contributed by atoms with E-state index >= 15 is 0 Å². The second-order valence-electron chi connectivity index (χ2n) is 7.15. The van der Waals surface area contributed by atoms with Gasteiger partial charge in [-0.25, -0.2) is 0 Å². The summed E-state index contributed by atoms with van der Waals surface area (Å²) in [6, 6.07) is 17.6. The van der Waals surface area contributed by atoms with Crippen LogP contribution in [0.5, 0.6) is 0 Å². The van der Waals surface area contributed by atoms with Gasteiger partial charge in [-0.1, -0.05) is 91.1 Å². The van der Waals surface area contributed by atoms with E-state index in [1.165, 1.54) is 27.1 Å². The maximum absolute atomic E-state index is 6.49. The molecule has 3 aliphatic carbocycles. The normalized spacial score (nSPS) is 28.8. The van der Waals surface area contributed by atoms with Gasteiger partial charge in [-0.05, 0) is 33.1 Å². The molecule has 2 aromatic rings. The average molecular weight is 323 g/mol. The van der Waals surface area contributed by atoms with Gasteiger partial charge in [0, 0.05) is 17.9 Å². The molecule has 0 saturated heterocycles. The van der Waals surface area contributed by atoms with Crippen LogP contribution >= 0.6 is 0 Å². The molecule has 0 heterocycles. The van der Waals surface area contributed by atoms with E-state index in [4.69, 9.17) is 5.73 Å². The van der Waals surface area contributed by atoms with E-state index in [0.29, 0.717) is 17.8 Å². The highest BCUT2D eigenvalue weighted by Gasteiger charge is 2.36. The Bertz CT molecular complexity index is 1040. The summed E-state index contributed by atoms with van der Waals surface area (Å²) >= 11 is 0. The van der Waals surface area contributed by atoms with Crippen LogP contribution in [0, 0.1) is 11.8 Å². The van der Waals surface area contributed by atoms with Crippen molar-refractivity contribution in [1.82, 2.24) is 0 Å². The first-order valence-corrected chi connectivity index (χ1v) is 9.01. The fourth-order valence-corrected chi connectivity index (χ4v) is 4.64. The third kappa shape index (κ3) is 2.27. The van der Waals surface area contributed by atoms with Crippen molar-refractivity contribution >= 4 is 17.7 Å². The van der Waals surface area contributed by atoms with E-state index in [1.807, 2.05) is 0 Å². The first kappa shape index (κ1) is 14.7. The van der Waals surface area contributed by atoms with E-state index in [2.05, 4.69) is 91.1 Å². The van der Waals surface area contributed by atoms with E-state index in [-0.39, 0.29) is 6.04 Å². The Morgan fingerprint density at radius 2 is 1.56 bits per heavy atom. The fourth-order valence-electron chi connectivity index (χ4n) is 4.64. The SMILES string of the molecule is NC1C=CC=CC1C1C=c2ccccc2=C2C=Cc3ccccc3C21. The van der Waals surface area contributed by atoms with Crippen LogP contribution in [0.3, 0.4) is 0 Å². The monoisotopic (exact) mass is 323 g/mol. The molecule has 0 bridgehead atoms. The van der Waals surface area contributed by atoms with Gasteiger partial charge >= 0.3 is 0 Å². The van der Waals surface area contributed by atoms with Crippen molar-refractivity contribution in [3.8, 4) is 0 Å². The zero-order chi connectivity index (χ0) is 16.8. The van der Waals surface area contributed by atoms with Gasteiger partial charge in [0.25, 0.3) is 0 Å². The zero-order valence-electron chi connectivity index (χ0n) is 14.0. The lowest BCUT2D eigenvalue weighted by molar-refractivity contribution is 0.423. The molecule has 0 saturated carbocycles. The predicted octanol–water partition coefficient (Wildman–Crippen LogP) is 3.13. The minimum Gasteiger partial charge on any atom is -0.324 e. The van der Waals surface area contributed by atoms with Gasteiger partial charge in [0.2, 0.25) is 0 Å². The van der Waals surface area contributed by atoms with Crippen LogP contribution in [-0.4, -0.2) is 6.04 Å². The molecule has 2 N–H and O–H groups in total. The van der Waals surface area contributed by atoms with Gasteiger partial charge in [0.1, 0.15) is 0 Å². The summed E-state index contributed by atoms with van der Waals surface area (Å²) in [5, 5.41) is 2.69. The van der Waals surface area contributed by atoms with Gasteiger partial charge in [-0.2, -0.15) is 0 Å². The Balaban J connectivity index is 1.78. The van der Waals surface area contributed by atoms with Crippen LogP contribution in [0.25, 0.3) is 17.7 Å². The zero-order valence-corrected chi connectivity index (χ0v) is 14.0. The van der Waals surface area contributed by atoms with Crippen molar-refractivity contribution in [1.29, 1.82) is 0 Å². The largest absolute Gasteiger partial charge is 0.324 e. The molecule has 4 unspecified atom stereocenters. The van der Waals surface area contributed by atoms with Crippen molar-refractivity contribution in [3.63, 3.8) is 0 Å². The summed E-state index contributed by atoms with van der Waals surface area (Å²) in [4.78, 5) is 0. The highest BCUT2D eigenvalue weighted by molar-refractivity contribution is 5.81. The molecule has 3 aliphatic rings. The highest BCUT2D eigenvalue weighted by atomic mass is 14.7. The maximum Gasteiger partial charge on any atom is 0.0296 e. The molecule has 1 heteroatoms. The number of fused-ring (bicyclic) bond motifs is 4. The number of hydrogen-bond donors (Lipinski definition) is 1. The number of rotatable bonds is 1. The quantitative estimate of drug-likeness (QED) is 0.857. The molecule has 0 spiro atoms. The molecule has 0 aromatic heterocycles. The molecule has 122 valence electrons.